The van der Waals surface area contributed by atoms with Crippen molar-refractivity contribution in [3.63, 3.8) is 0 Å². The second kappa shape index (κ2) is 10.8. The second-order valence-corrected chi connectivity index (χ2v) is 9.02. The molecule has 33 heavy (non-hydrogen) atoms. The minimum atomic E-state index is -1.23. The van der Waals surface area contributed by atoms with Gasteiger partial charge >= 0.3 is 17.9 Å². The third kappa shape index (κ3) is 6.78. The Hall–Kier alpha value is -2.92. The molecule has 1 fully saturated rings. The molecule has 1 aromatic carbocycles. The lowest BCUT2D eigenvalue weighted by molar-refractivity contribution is -0.140. The summed E-state index contributed by atoms with van der Waals surface area (Å²) in [4.78, 5) is 51.9. The van der Waals surface area contributed by atoms with Crippen molar-refractivity contribution >= 4 is 41.1 Å². The Kier molecular flexibility index (Phi) is 8.62. The molecule has 182 valence electrons. The highest BCUT2D eigenvalue weighted by Crippen LogP contribution is 2.25. The van der Waals surface area contributed by atoms with E-state index in [1.807, 2.05) is 0 Å². The molecular formula is C21H28ClFN4O6. The van der Waals surface area contributed by atoms with Crippen molar-refractivity contribution in [2.24, 2.45) is 0 Å². The van der Waals surface area contributed by atoms with E-state index in [9.17, 15) is 28.7 Å². The molecular weight excluding hydrogens is 459 g/mol. The fourth-order valence-electron chi connectivity index (χ4n) is 3.72. The highest BCUT2D eigenvalue weighted by molar-refractivity contribution is 6.39. The van der Waals surface area contributed by atoms with Gasteiger partial charge in [0.25, 0.3) is 0 Å². The van der Waals surface area contributed by atoms with Gasteiger partial charge in [-0.2, -0.15) is 0 Å². The van der Waals surface area contributed by atoms with Crippen LogP contribution in [0.3, 0.4) is 0 Å². The van der Waals surface area contributed by atoms with E-state index in [4.69, 9.17) is 16.3 Å². The van der Waals surface area contributed by atoms with Gasteiger partial charge < -0.3 is 25.4 Å². The quantitative estimate of drug-likeness (QED) is 0.545. The summed E-state index contributed by atoms with van der Waals surface area (Å²) in [6.07, 6.45) is -1.01. The fourth-order valence-corrected chi connectivity index (χ4v) is 3.84. The number of carboxylic acid groups (broad SMARTS) is 1. The molecule has 4 amide bonds. The largest absolute Gasteiger partial charge is 0.465 e. The molecule has 0 aromatic heterocycles. The minimum absolute atomic E-state index is 0.0146. The standard InChI is InChI=1S/C21H28ClFN4O6/c1-21(2,3)27(20(31)32)16-10-26(17(28)11-33-4)8-7-15(16)25-19(30)18(29)24-12-5-6-13(22)14(23)9-12/h5-6,9,15-16H,7-8,10-11H2,1-4H3,(H,24,29)(H,25,30)(H,31,32)/t15-,16+/m0/s1. The average Bonchev–Trinajstić information content (AvgIpc) is 2.70. The molecule has 2 rings (SSSR count). The predicted octanol–water partition coefficient (Wildman–Crippen LogP) is 1.93. The Morgan fingerprint density at radius 2 is 1.94 bits per heavy atom. The van der Waals surface area contributed by atoms with Crippen molar-refractivity contribution in [3.05, 3.63) is 29.0 Å². The van der Waals surface area contributed by atoms with Gasteiger partial charge in [0.15, 0.2) is 0 Å². The van der Waals surface area contributed by atoms with Crippen LogP contribution < -0.4 is 10.6 Å². The molecule has 0 bridgehead atoms. The molecule has 1 heterocycles. The molecule has 10 nitrogen and oxygen atoms in total. The molecule has 0 radical (unpaired) electrons. The van der Waals surface area contributed by atoms with Gasteiger partial charge in [-0.1, -0.05) is 11.6 Å². The summed E-state index contributed by atoms with van der Waals surface area (Å²) in [5, 5.41) is 14.6. The zero-order chi connectivity index (χ0) is 24.9. The second-order valence-electron chi connectivity index (χ2n) is 8.62. The lowest BCUT2D eigenvalue weighted by Gasteiger charge is -2.47. The van der Waals surface area contributed by atoms with Crippen LogP contribution in [0, 0.1) is 5.82 Å². The predicted molar refractivity (Wildman–Crippen MR) is 118 cm³/mol. The van der Waals surface area contributed by atoms with Gasteiger partial charge in [-0.3, -0.25) is 19.3 Å². The first-order valence-corrected chi connectivity index (χ1v) is 10.6. The van der Waals surface area contributed by atoms with Crippen LogP contribution in [0.4, 0.5) is 14.9 Å². The summed E-state index contributed by atoms with van der Waals surface area (Å²) >= 11 is 5.61. The monoisotopic (exact) mass is 486 g/mol. The SMILES string of the molecule is COCC(=O)N1CC[C@H](NC(=O)C(=O)Nc2ccc(Cl)c(F)c2)[C@H](N(C(=O)O)C(C)(C)C)C1. The van der Waals surface area contributed by atoms with Gasteiger partial charge in [0.05, 0.1) is 17.1 Å². The zero-order valence-electron chi connectivity index (χ0n) is 18.9. The maximum absolute atomic E-state index is 13.6. The van der Waals surface area contributed by atoms with Crippen molar-refractivity contribution in [2.45, 2.75) is 44.8 Å². The Labute approximate surface area is 196 Å². The Morgan fingerprint density at radius 3 is 2.48 bits per heavy atom. The van der Waals surface area contributed by atoms with E-state index < -0.39 is 41.3 Å². The molecule has 0 aliphatic carbocycles. The van der Waals surface area contributed by atoms with Crippen molar-refractivity contribution in [1.82, 2.24) is 15.1 Å². The number of nitrogens with one attached hydrogen (secondary N) is 2. The number of piperidine rings is 1. The molecule has 1 aliphatic heterocycles. The van der Waals surface area contributed by atoms with Crippen LogP contribution in [-0.2, 0) is 19.1 Å². The number of carbonyl (C=O) groups is 4. The smallest absolute Gasteiger partial charge is 0.408 e. The zero-order valence-corrected chi connectivity index (χ0v) is 19.6. The topological polar surface area (TPSA) is 128 Å². The average molecular weight is 487 g/mol. The maximum atomic E-state index is 13.6. The van der Waals surface area contributed by atoms with Crippen LogP contribution in [0.25, 0.3) is 0 Å². The first-order chi connectivity index (χ1) is 15.3. The third-order valence-corrected chi connectivity index (χ3v) is 5.47. The summed E-state index contributed by atoms with van der Waals surface area (Å²) in [6.45, 7) is 5.17. The van der Waals surface area contributed by atoms with Crippen molar-refractivity contribution in [1.29, 1.82) is 0 Å². The molecule has 12 heteroatoms. The number of ether oxygens (including phenoxy) is 1. The number of amides is 4. The van der Waals surface area contributed by atoms with E-state index in [1.54, 1.807) is 20.8 Å². The van der Waals surface area contributed by atoms with Crippen LogP contribution in [0.15, 0.2) is 18.2 Å². The molecule has 1 aromatic rings. The van der Waals surface area contributed by atoms with E-state index >= 15 is 0 Å². The Bertz CT molecular complexity index is 923. The molecule has 0 unspecified atom stereocenters. The Balaban J connectivity index is 2.21. The number of methoxy groups -OCH3 is 1. The molecule has 0 spiro atoms. The van der Waals surface area contributed by atoms with Gasteiger partial charge in [0, 0.05) is 31.4 Å². The van der Waals surface area contributed by atoms with Crippen LogP contribution in [0.2, 0.25) is 5.02 Å². The number of carbonyl (C=O) groups excluding carboxylic acids is 3. The number of hydrogen-bond donors (Lipinski definition) is 3. The van der Waals surface area contributed by atoms with E-state index in [1.165, 1.54) is 24.1 Å². The van der Waals surface area contributed by atoms with Gasteiger partial charge in [0.1, 0.15) is 12.4 Å². The Morgan fingerprint density at radius 1 is 1.27 bits per heavy atom. The first-order valence-electron chi connectivity index (χ1n) is 10.2. The van der Waals surface area contributed by atoms with Gasteiger partial charge in [-0.05, 0) is 45.4 Å². The number of halogens is 2. The van der Waals surface area contributed by atoms with Gasteiger partial charge in [-0.25, -0.2) is 9.18 Å². The summed E-state index contributed by atoms with van der Waals surface area (Å²) in [5.74, 6) is -3.14. The van der Waals surface area contributed by atoms with Crippen LogP contribution >= 0.6 is 11.6 Å². The highest BCUT2D eigenvalue weighted by Gasteiger charge is 2.43. The van der Waals surface area contributed by atoms with Crippen LogP contribution in [0.1, 0.15) is 27.2 Å². The number of nitrogens with zero attached hydrogens (tertiary/aromatic N) is 2. The number of hydrogen-bond acceptors (Lipinski definition) is 5. The first kappa shape index (κ1) is 26.3. The number of anilines is 1. The molecule has 1 aliphatic rings. The van der Waals surface area contributed by atoms with Gasteiger partial charge in [0.2, 0.25) is 5.91 Å². The third-order valence-electron chi connectivity index (χ3n) is 5.16. The normalized spacial score (nSPS) is 18.4. The number of likely N-dealkylation sites (tertiary alicyclic amines) is 1. The summed E-state index contributed by atoms with van der Waals surface area (Å²) < 4.78 is 18.5. The van der Waals surface area contributed by atoms with Crippen LogP contribution in [-0.4, -0.2) is 83.1 Å². The van der Waals surface area contributed by atoms with E-state index in [2.05, 4.69) is 10.6 Å². The van der Waals surface area contributed by atoms with Crippen molar-refractivity contribution in [3.8, 4) is 0 Å². The van der Waals surface area contributed by atoms with E-state index in [0.717, 1.165) is 11.0 Å². The minimum Gasteiger partial charge on any atom is -0.465 e. The lowest BCUT2D eigenvalue weighted by Crippen LogP contribution is -2.66. The van der Waals surface area contributed by atoms with Crippen molar-refractivity contribution in [2.75, 3.05) is 32.1 Å². The molecule has 2 atom stereocenters. The molecule has 3 N–H and O–H groups in total. The molecule has 1 saturated heterocycles. The highest BCUT2D eigenvalue weighted by atomic mass is 35.5. The summed E-state index contributed by atoms with van der Waals surface area (Å²) in [6, 6.07) is 1.99. The number of rotatable bonds is 5. The molecule has 0 saturated carbocycles. The van der Waals surface area contributed by atoms with Gasteiger partial charge in [-0.15, -0.1) is 0 Å². The fraction of sp³-hybridized carbons (Fsp3) is 0.524. The van der Waals surface area contributed by atoms with Crippen molar-refractivity contribution < 1.29 is 33.4 Å². The lowest BCUT2D eigenvalue weighted by atomic mass is 9.93. The maximum Gasteiger partial charge on any atom is 0.408 e. The number of benzene rings is 1. The van der Waals surface area contributed by atoms with E-state index in [0.29, 0.717) is 0 Å². The summed E-state index contributed by atoms with van der Waals surface area (Å²) in [5.41, 5.74) is -0.814. The van der Waals surface area contributed by atoms with E-state index in [-0.39, 0.29) is 42.7 Å². The van der Waals surface area contributed by atoms with Crippen LogP contribution in [0.5, 0.6) is 0 Å². The summed E-state index contributed by atoms with van der Waals surface area (Å²) in [7, 11) is 1.38.